The highest BCUT2D eigenvalue weighted by atomic mass is 35.5. The lowest BCUT2D eigenvalue weighted by atomic mass is 10.3. The average Bonchev–Trinajstić information content (AvgIpc) is 2.36. The van der Waals surface area contributed by atoms with E-state index in [2.05, 4.69) is 10.9 Å². The number of ether oxygens (including phenoxy) is 2. The van der Waals surface area contributed by atoms with Crippen LogP contribution in [0.4, 0.5) is 0 Å². The van der Waals surface area contributed by atoms with E-state index < -0.39 is 5.97 Å². The van der Waals surface area contributed by atoms with Gasteiger partial charge in [0.25, 0.3) is 0 Å². The molecule has 0 aliphatic carbocycles. The Bertz CT molecular complexity index is 440. The van der Waals surface area contributed by atoms with Gasteiger partial charge in [0.2, 0.25) is 0 Å². The van der Waals surface area contributed by atoms with Crippen LogP contribution < -0.4 is 4.74 Å². The van der Waals surface area contributed by atoms with Gasteiger partial charge in [-0.1, -0.05) is 5.92 Å². The Morgan fingerprint density at radius 2 is 2.35 bits per heavy atom. The quantitative estimate of drug-likeness (QED) is 0.458. The van der Waals surface area contributed by atoms with Gasteiger partial charge < -0.3 is 9.47 Å². The van der Waals surface area contributed by atoms with Gasteiger partial charge in [0, 0.05) is 12.1 Å². The van der Waals surface area contributed by atoms with E-state index in [1.54, 1.807) is 13.0 Å². The summed E-state index contributed by atoms with van der Waals surface area (Å²) in [7, 11) is 0. The number of carbonyl (C=O) groups excluding carboxylic acids is 1. The van der Waals surface area contributed by atoms with Crippen LogP contribution in [0.5, 0.6) is 5.75 Å². The first-order valence-electron chi connectivity index (χ1n) is 5.01. The summed E-state index contributed by atoms with van der Waals surface area (Å²) in [5.41, 5.74) is 0.696. The van der Waals surface area contributed by atoms with Gasteiger partial charge in [-0.3, -0.25) is 0 Å². The smallest absolute Gasteiger partial charge is 0.357 e. The molecular weight excluding hydrogens is 242 g/mol. The molecule has 0 fully saturated rings. The van der Waals surface area contributed by atoms with Crippen LogP contribution in [0.2, 0.25) is 0 Å². The van der Waals surface area contributed by atoms with Crippen molar-refractivity contribution in [2.75, 3.05) is 13.2 Å². The molecule has 1 heterocycles. The fourth-order valence-electron chi connectivity index (χ4n) is 1.15. The van der Waals surface area contributed by atoms with E-state index in [0.29, 0.717) is 11.4 Å². The van der Waals surface area contributed by atoms with E-state index in [0.717, 1.165) is 0 Å². The fraction of sp³-hybridized carbons (Fsp3) is 0.333. The topological polar surface area (TPSA) is 48.4 Å². The zero-order valence-corrected chi connectivity index (χ0v) is 10.2. The lowest BCUT2D eigenvalue weighted by Gasteiger charge is -2.07. The first-order valence-corrected chi connectivity index (χ1v) is 5.55. The Morgan fingerprint density at radius 3 is 2.94 bits per heavy atom. The fourth-order valence-corrected chi connectivity index (χ4v) is 1.28. The molecule has 0 saturated carbocycles. The standard InChI is InChI=1S/C12H12ClNO3/c1-3-5-17-10-6-9(8-13)14-11(7-10)12(15)16-4-2/h1,6-7H,4-5,8H2,2H3. The van der Waals surface area contributed by atoms with Gasteiger partial charge in [0.05, 0.1) is 18.2 Å². The Hall–Kier alpha value is -1.73. The summed E-state index contributed by atoms with van der Waals surface area (Å²) in [5, 5.41) is 0. The molecule has 0 spiro atoms. The maximum absolute atomic E-state index is 11.5. The number of nitrogens with zero attached hydrogens (tertiary/aromatic N) is 1. The van der Waals surface area contributed by atoms with E-state index in [-0.39, 0.29) is 24.8 Å². The summed E-state index contributed by atoms with van der Waals surface area (Å²) in [6.07, 6.45) is 5.08. The van der Waals surface area contributed by atoms with Crippen LogP contribution >= 0.6 is 11.6 Å². The summed E-state index contributed by atoms with van der Waals surface area (Å²) in [6.45, 7) is 2.12. The second-order valence-electron chi connectivity index (χ2n) is 3.03. The number of terminal acetylenes is 1. The molecule has 17 heavy (non-hydrogen) atoms. The number of pyridine rings is 1. The van der Waals surface area contributed by atoms with E-state index in [1.165, 1.54) is 6.07 Å². The van der Waals surface area contributed by atoms with Crippen molar-refractivity contribution in [2.45, 2.75) is 12.8 Å². The molecule has 0 bridgehead atoms. The van der Waals surface area contributed by atoms with E-state index in [9.17, 15) is 4.79 Å². The minimum absolute atomic E-state index is 0.119. The number of halogens is 1. The van der Waals surface area contributed by atoms with Gasteiger partial charge in [-0.05, 0) is 6.92 Å². The monoisotopic (exact) mass is 253 g/mol. The lowest BCUT2D eigenvalue weighted by molar-refractivity contribution is 0.0518. The number of rotatable bonds is 5. The second kappa shape index (κ2) is 6.77. The summed E-state index contributed by atoms with van der Waals surface area (Å²) in [6, 6.07) is 3.11. The summed E-state index contributed by atoms with van der Waals surface area (Å²) in [5.74, 6) is 2.46. The molecule has 4 nitrogen and oxygen atoms in total. The van der Waals surface area contributed by atoms with Crippen LogP contribution in [-0.4, -0.2) is 24.2 Å². The summed E-state index contributed by atoms with van der Waals surface area (Å²) >= 11 is 5.68. The minimum Gasteiger partial charge on any atom is -0.481 e. The Balaban J connectivity index is 2.97. The van der Waals surface area contributed by atoms with Crippen molar-refractivity contribution in [3.8, 4) is 18.1 Å². The molecule has 0 atom stereocenters. The van der Waals surface area contributed by atoms with Gasteiger partial charge in [0.1, 0.15) is 12.4 Å². The summed E-state index contributed by atoms with van der Waals surface area (Å²) < 4.78 is 10.1. The Morgan fingerprint density at radius 1 is 1.59 bits per heavy atom. The molecule has 1 aromatic heterocycles. The normalized spacial score (nSPS) is 9.47. The van der Waals surface area contributed by atoms with Crippen molar-refractivity contribution in [2.24, 2.45) is 0 Å². The number of esters is 1. The Kier molecular flexibility index (Phi) is 5.31. The molecule has 5 heteroatoms. The van der Waals surface area contributed by atoms with Gasteiger partial charge in [-0.2, -0.15) is 0 Å². The molecule has 0 unspecified atom stereocenters. The van der Waals surface area contributed by atoms with Crippen molar-refractivity contribution < 1.29 is 14.3 Å². The molecular formula is C12H12ClNO3. The third-order valence-corrected chi connectivity index (χ3v) is 2.07. The zero-order valence-electron chi connectivity index (χ0n) is 9.40. The van der Waals surface area contributed by atoms with Gasteiger partial charge >= 0.3 is 5.97 Å². The minimum atomic E-state index is -0.509. The van der Waals surface area contributed by atoms with Gasteiger partial charge in [-0.25, -0.2) is 9.78 Å². The van der Waals surface area contributed by atoms with Gasteiger partial charge in [-0.15, -0.1) is 18.0 Å². The van der Waals surface area contributed by atoms with Crippen molar-refractivity contribution in [1.82, 2.24) is 4.98 Å². The van der Waals surface area contributed by atoms with Crippen LogP contribution in [-0.2, 0) is 10.6 Å². The van der Waals surface area contributed by atoms with E-state index in [1.807, 2.05) is 0 Å². The average molecular weight is 254 g/mol. The van der Waals surface area contributed by atoms with Crippen LogP contribution in [0.1, 0.15) is 23.1 Å². The molecule has 90 valence electrons. The summed E-state index contributed by atoms with van der Waals surface area (Å²) in [4.78, 5) is 15.6. The molecule has 0 saturated heterocycles. The molecule has 0 radical (unpaired) electrons. The number of alkyl halides is 1. The van der Waals surface area contributed by atoms with Crippen LogP contribution in [0.25, 0.3) is 0 Å². The molecule has 0 aliphatic heterocycles. The zero-order chi connectivity index (χ0) is 12.7. The first-order chi connectivity index (χ1) is 8.21. The van der Waals surface area contributed by atoms with Crippen LogP contribution in [0, 0.1) is 12.3 Å². The molecule has 0 amide bonds. The number of hydrogen-bond acceptors (Lipinski definition) is 4. The van der Waals surface area contributed by atoms with Gasteiger partial charge in [0.15, 0.2) is 5.69 Å². The highest BCUT2D eigenvalue weighted by Crippen LogP contribution is 2.16. The third kappa shape index (κ3) is 3.97. The largest absolute Gasteiger partial charge is 0.481 e. The molecule has 0 N–H and O–H groups in total. The highest BCUT2D eigenvalue weighted by molar-refractivity contribution is 6.16. The SMILES string of the molecule is C#CCOc1cc(CCl)nc(C(=O)OCC)c1. The third-order valence-electron chi connectivity index (χ3n) is 1.80. The number of hydrogen-bond donors (Lipinski definition) is 0. The van der Waals surface area contributed by atoms with E-state index >= 15 is 0 Å². The van der Waals surface area contributed by atoms with Crippen molar-refractivity contribution in [3.05, 3.63) is 23.5 Å². The predicted octanol–water partition coefficient (Wildman–Crippen LogP) is 2.01. The lowest BCUT2D eigenvalue weighted by Crippen LogP contribution is -2.09. The van der Waals surface area contributed by atoms with Crippen LogP contribution in [0.15, 0.2) is 12.1 Å². The maximum Gasteiger partial charge on any atom is 0.357 e. The predicted molar refractivity (Wildman–Crippen MR) is 64.1 cm³/mol. The van der Waals surface area contributed by atoms with Crippen LogP contribution in [0.3, 0.4) is 0 Å². The number of carbonyl (C=O) groups is 1. The molecule has 0 aliphatic rings. The molecule has 1 rings (SSSR count). The van der Waals surface area contributed by atoms with Crippen molar-refractivity contribution in [3.63, 3.8) is 0 Å². The van der Waals surface area contributed by atoms with Crippen molar-refractivity contribution >= 4 is 17.6 Å². The number of aromatic nitrogens is 1. The maximum atomic E-state index is 11.5. The molecule has 0 aromatic carbocycles. The van der Waals surface area contributed by atoms with Crippen molar-refractivity contribution in [1.29, 1.82) is 0 Å². The Labute approximate surface area is 105 Å². The van der Waals surface area contributed by atoms with E-state index in [4.69, 9.17) is 27.5 Å². The second-order valence-corrected chi connectivity index (χ2v) is 3.29. The molecule has 1 aromatic rings. The first kappa shape index (κ1) is 13.3. The highest BCUT2D eigenvalue weighted by Gasteiger charge is 2.11.